The van der Waals surface area contributed by atoms with E-state index in [9.17, 15) is 0 Å². The van der Waals surface area contributed by atoms with Crippen molar-refractivity contribution in [2.24, 2.45) is 0 Å². The van der Waals surface area contributed by atoms with E-state index in [1.54, 1.807) is 25.6 Å². The van der Waals surface area contributed by atoms with Gasteiger partial charge in [-0.1, -0.05) is 0 Å². The quantitative estimate of drug-likeness (QED) is 0.837. The van der Waals surface area contributed by atoms with Crippen LogP contribution in [0.5, 0.6) is 0 Å². The van der Waals surface area contributed by atoms with Gasteiger partial charge in [-0.2, -0.15) is 0 Å². The summed E-state index contributed by atoms with van der Waals surface area (Å²) in [4.78, 5) is 5.92. The van der Waals surface area contributed by atoms with Gasteiger partial charge in [0.2, 0.25) is 0 Å². The number of aromatic nitrogens is 1. The first-order valence-corrected chi connectivity index (χ1v) is 7.41. The lowest BCUT2D eigenvalue weighted by molar-refractivity contribution is 0.118. The second-order valence-electron chi connectivity index (χ2n) is 5.76. The van der Waals surface area contributed by atoms with Crippen LogP contribution in [0.2, 0.25) is 0 Å². The van der Waals surface area contributed by atoms with Gasteiger partial charge in [-0.05, 0) is 27.7 Å². The highest BCUT2D eigenvalue weighted by molar-refractivity contribution is 7.11. The van der Waals surface area contributed by atoms with Crippen molar-refractivity contribution in [3.05, 3.63) is 15.6 Å². The minimum absolute atomic E-state index is 0.105. The van der Waals surface area contributed by atoms with E-state index >= 15 is 0 Å². The summed E-state index contributed by atoms with van der Waals surface area (Å²) in [7, 11) is 3.44. The molecule has 4 nitrogen and oxygen atoms in total. The largest absolute Gasteiger partial charge is 0.381 e. The molecule has 0 spiro atoms. The fourth-order valence-corrected chi connectivity index (χ4v) is 2.71. The third-order valence-corrected chi connectivity index (χ3v) is 3.87. The van der Waals surface area contributed by atoms with Gasteiger partial charge in [0, 0.05) is 37.6 Å². The Morgan fingerprint density at radius 1 is 1.32 bits per heavy atom. The third kappa shape index (κ3) is 5.99. The second-order valence-corrected chi connectivity index (χ2v) is 6.93. The van der Waals surface area contributed by atoms with Gasteiger partial charge in [-0.25, -0.2) is 4.98 Å². The number of hydrogen-bond acceptors (Lipinski definition) is 5. The summed E-state index contributed by atoms with van der Waals surface area (Å²) in [6.07, 6.45) is 1.05. The molecule has 0 bridgehead atoms. The second kappa shape index (κ2) is 7.33. The highest BCUT2D eigenvalue weighted by Gasteiger charge is 2.16. The van der Waals surface area contributed by atoms with E-state index < -0.39 is 0 Å². The van der Waals surface area contributed by atoms with E-state index in [4.69, 9.17) is 9.47 Å². The zero-order chi connectivity index (χ0) is 14.5. The fraction of sp³-hybridized carbons (Fsp3) is 0.786. The van der Waals surface area contributed by atoms with Crippen LogP contribution >= 0.6 is 11.3 Å². The molecule has 1 atom stereocenters. The summed E-state index contributed by atoms with van der Waals surface area (Å²) >= 11 is 1.75. The molecule has 0 aliphatic rings. The average molecular weight is 286 g/mol. The van der Waals surface area contributed by atoms with Crippen LogP contribution in [-0.4, -0.2) is 30.8 Å². The summed E-state index contributed by atoms with van der Waals surface area (Å²) in [5.41, 5.74) is 1.15. The fourth-order valence-electron chi connectivity index (χ4n) is 1.59. The van der Waals surface area contributed by atoms with Crippen LogP contribution in [0.15, 0.2) is 0 Å². The van der Waals surface area contributed by atoms with Crippen LogP contribution in [-0.2, 0) is 29.0 Å². The Balaban J connectivity index is 2.76. The summed E-state index contributed by atoms with van der Waals surface area (Å²) < 4.78 is 10.5. The van der Waals surface area contributed by atoms with E-state index in [0.717, 1.165) is 23.7 Å². The summed E-state index contributed by atoms with van der Waals surface area (Å²) in [6, 6.07) is 0. The molecule has 5 heteroatoms. The van der Waals surface area contributed by atoms with E-state index in [1.807, 2.05) is 0 Å². The zero-order valence-corrected chi connectivity index (χ0v) is 13.7. The van der Waals surface area contributed by atoms with E-state index in [1.165, 1.54) is 4.88 Å². The van der Waals surface area contributed by atoms with Crippen LogP contribution in [0.25, 0.3) is 0 Å². The summed E-state index contributed by atoms with van der Waals surface area (Å²) in [5, 5.41) is 4.62. The smallest absolute Gasteiger partial charge is 0.0958 e. The predicted octanol–water partition coefficient (Wildman–Crippen LogP) is 2.76. The first-order chi connectivity index (χ1) is 8.85. The highest BCUT2D eigenvalue weighted by Crippen LogP contribution is 2.22. The molecule has 0 aromatic carbocycles. The molecule has 0 aliphatic heterocycles. The SMILES string of the molecule is COCc1nc(CC(C)OC)sc1CNC(C)(C)C. The molecule has 1 N–H and O–H groups in total. The molecule has 0 fully saturated rings. The molecule has 110 valence electrons. The summed E-state index contributed by atoms with van der Waals surface area (Å²) in [5.74, 6) is 0. The van der Waals surface area contributed by atoms with Gasteiger partial charge in [0.15, 0.2) is 0 Å². The predicted molar refractivity (Wildman–Crippen MR) is 79.6 cm³/mol. The van der Waals surface area contributed by atoms with Gasteiger partial charge in [0.25, 0.3) is 0 Å². The van der Waals surface area contributed by atoms with Crippen LogP contribution in [0.1, 0.15) is 43.3 Å². The van der Waals surface area contributed by atoms with E-state index in [-0.39, 0.29) is 11.6 Å². The first kappa shape index (κ1) is 16.6. The topological polar surface area (TPSA) is 43.4 Å². The monoisotopic (exact) mass is 286 g/mol. The lowest BCUT2D eigenvalue weighted by Gasteiger charge is -2.20. The van der Waals surface area contributed by atoms with Gasteiger partial charge in [-0.3, -0.25) is 0 Å². The zero-order valence-electron chi connectivity index (χ0n) is 12.9. The van der Waals surface area contributed by atoms with Gasteiger partial charge in [0.05, 0.1) is 23.4 Å². The molecule has 0 amide bonds. The molecule has 0 saturated heterocycles. The molecule has 1 rings (SSSR count). The minimum Gasteiger partial charge on any atom is -0.381 e. The normalized spacial score (nSPS) is 13.8. The Morgan fingerprint density at radius 3 is 2.53 bits per heavy atom. The third-order valence-electron chi connectivity index (χ3n) is 2.75. The van der Waals surface area contributed by atoms with Crippen LogP contribution < -0.4 is 5.32 Å². The van der Waals surface area contributed by atoms with Gasteiger partial charge in [-0.15, -0.1) is 11.3 Å². The van der Waals surface area contributed by atoms with Gasteiger partial charge < -0.3 is 14.8 Å². The number of hydrogen-bond donors (Lipinski definition) is 1. The Morgan fingerprint density at radius 2 is 2.00 bits per heavy atom. The number of ether oxygens (including phenoxy) is 2. The van der Waals surface area contributed by atoms with Crippen LogP contribution in [0.4, 0.5) is 0 Å². The molecule has 19 heavy (non-hydrogen) atoms. The Bertz CT molecular complexity index is 385. The highest BCUT2D eigenvalue weighted by atomic mass is 32.1. The van der Waals surface area contributed by atoms with Crippen molar-refractivity contribution < 1.29 is 9.47 Å². The van der Waals surface area contributed by atoms with Crippen molar-refractivity contribution in [3.63, 3.8) is 0 Å². The molecular weight excluding hydrogens is 260 g/mol. The lowest BCUT2D eigenvalue weighted by atomic mass is 10.1. The van der Waals surface area contributed by atoms with Crippen LogP contribution in [0.3, 0.4) is 0 Å². The van der Waals surface area contributed by atoms with Crippen molar-refractivity contribution in [1.29, 1.82) is 0 Å². The maximum Gasteiger partial charge on any atom is 0.0958 e. The van der Waals surface area contributed by atoms with Crippen LogP contribution in [0, 0.1) is 0 Å². The maximum atomic E-state index is 5.30. The number of thiazole rings is 1. The van der Waals surface area contributed by atoms with E-state index in [2.05, 4.69) is 38.0 Å². The standard InChI is InChI=1S/C14H26N2O2S/c1-10(18-6)7-13-16-11(9-17-5)12(19-13)8-15-14(2,3)4/h10,15H,7-9H2,1-6H3. The molecule has 1 heterocycles. The minimum atomic E-state index is 0.105. The number of nitrogens with zero attached hydrogens (tertiary/aromatic N) is 1. The number of nitrogens with one attached hydrogen (secondary N) is 1. The van der Waals surface area contributed by atoms with Crippen molar-refractivity contribution in [2.75, 3.05) is 14.2 Å². The molecule has 1 unspecified atom stereocenters. The Hall–Kier alpha value is -0.490. The van der Waals surface area contributed by atoms with Gasteiger partial charge in [0.1, 0.15) is 0 Å². The Labute approximate surface area is 120 Å². The molecule has 1 aromatic rings. The molecule has 0 saturated carbocycles. The van der Waals surface area contributed by atoms with Crippen molar-refractivity contribution in [3.8, 4) is 0 Å². The lowest BCUT2D eigenvalue weighted by Crippen LogP contribution is -2.35. The molecule has 1 aromatic heterocycles. The van der Waals surface area contributed by atoms with Crippen molar-refractivity contribution >= 4 is 11.3 Å². The molecule has 0 radical (unpaired) electrons. The maximum absolute atomic E-state index is 5.30. The number of methoxy groups -OCH3 is 2. The first-order valence-electron chi connectivity index (χ1n) is 6.60. The average Bonchev–Trinajstić information content (AvgIpc) is 2.68. The molecular formula is C14H26N2O2S. The van der Waals surface area contributed by atoms with Crippen molar-refractivity contribution in [1.82, 2.24) is 10.3 Å². The van der Waals surface area contributed by atoms with E-state index in [0.29, 0.717) is 6.61 Å². The van der Waals surface area contributed by atoms with Gasteiger partial charge >= 0.3 is 0 Å². The molecule has 0 aliphatic carbocycles. The van der Waals surface area contributed by atoms with Crippen molar-refractivity contribution in [2.45, 2.75) is 58.9 Å². The number of rotatable bonds is 7. The summed E-state index contributed by atoms with van der Waals surface area (Å²) in [6.45, 7) is 9.96. The Kier molecular flexibility index (Phi) is 6.39.